The molecule has 2 aromatic carbocycles. The Balaban J connectivity index is 2.50. The third-order valence-electron chi connectivity index (χ3n) is 3.38. The second-order valence-electron chi connectivity index (χ2n) is 5.15. The zero-order valence-corrected chi connectivity index (χ0v) is 13.6. The van der Waals surface area contributed by atoms with Crippen LogP contribution >= 0.6 is 0 Å². The number of hydrogen-bond acceptors (Lipinski definition) is 4. The summed E-state index contributed by atoms with van der Waals surface area (Å²) in [5.41, 5.74) is 0.379. The average Bonchev–Trinajstić information content (AvgIpc) is 2.48. The van der Waals surface area contributed by atoms with Crippen molar-refractivity contribution >= 4 is 21.7 Å². The van der Waals surface area contributed by atoms with Crippen molar-refractivity contribution in [3.63, 3.8) is 0 Å². The number of carboxylic acid groups (broad SMARTS) is 1. The summed E-state index contributed by atoms with van der Waals surface area (Å²) >= 11 is 0. The van der Waals surface area contributed by atoms with Gasteiger partial charge in [0.25, 0.3) is 10.0 Å². The van der Waals surface area contributed by atoms with E-state index in [0.29, 0.717) is 11.1 Å². The molecule has 0 bridgehead atoms. The lowest BCUT2D eigenvalue weighted by Gasteiger charge is -2.13. The molecule has 2 rings (SSSR count). The van der Waals surface area contributed by atoms with Gasteiger partial charge < -0.3 is 5.11 Å². The lowest BCUT2D eigenvalue weighted by molar-refractivity contribution is 0.0696. The van der Waals surface area contributed by atoms with Crippen LogP contribution in [0.1, 0.15) is 27.0 Å². The lowest BCUT2D eigenvalue weighted by Crippen LogP contribution is -2.16. The van der Waals surface area contributed by atoms with Crippen LogP contribution in [-0.2, 0) is 10.0 Å². The summed E-state index contributed by atoms with van der Waals surface area (Å²) in [6.45, 7) is 3.11. The summed E-state index contributed by atoms with van der Waals surface area (Å²) in [6, 6.07) is 7.36. The summed E-state index contributed by atoms with van der Waals surface area (Å²) in [5, 5.41) is 17.9. The fraction of sp³-hybridized carbons (Fsp3) is 0.125. The first kappa shape index (κ1) is 17.4. The predicted molar refractivity (Wildman–Crippen MR) is 84.8 cm³/mol. The van der Waals surface area contributed by atoms with E-state index in [1.54, 1.807) is 19.9 Å². The van der Waals surface area contributed by atoms with Crippen molar-refractivity contribution in [2.75, 3.05) is 4.72 Å². The molecule has 2 N–H and O–H groups in total. The van der Waals surface area contributed by atoms with Crippen LogP contribution in [0.15, 0.2) is 35.2 Å². The van der Waals surface area contributed by atoms with Crippen molar-refractivity contribution in [2.45, 2.75) is 18.7 Å². The van der Waals surface area contributed by atoms with Crippen LogP contribution in [0.4, 0.5) is 10.1 Å². The van der Waals surface area contributed by atoms with Gasteiger partial charge in [-0.2, -0.15) is 5.26 Å². The molecule has 24 heavy (non-hydrogen) atoms. The molecule has 0 fully saturated rings. The molecule has 0 saturated heterocycles. The molecule has 0 aliphatic heterocycles. The molecule has 0 atom stereocenters. The molecule has 6 nitrogen and oxygen atoms in total. The minimum absolute atomic E-state index is 0.00444. The Kier molecular flexibility index (Phi) is 4.57. The summed E-state index contributed by atoms with van der Waals surface area (Å²) in [4.78, 5) is 11.0. The SMILES string of the molecule is Cc1cc(C)c(S(=O)(=O)Nc2ccc(F)c(C#N)c2)cc1C(=O)O. The van der Waals surface area contributed by atoms with Gasteiger partial charge in [0.2, 0.25) is 0 Å². The van der Waals surface area contributed by atoms with Crippen molar-refractivity contribution in [3.8, 4) is 6.07 Å². The third kappa shape index (κ3) is 3.36. The number of aromatic carboxylic acids is 1. The van der Waals surface area contributed by atoms with Crippen molar-refractivity contribution in [3.05, 3.63) is 58.4 Å². The average molecular weight is 348 g/mol. The van der Waals surface area contributed by atoms with Crippen molar-refractivity contribution in [2.24, 2.45) is 0 Å². The topological polar surface area (TPSA) is 107 Å². The maximum absolute atomic E-state index is 13.3. The highest BCUT2D eigenvalue weighted by Crippen LogP contribution is 2.24. The van der Waals surface area contributed by atoms with Gasteiger partial charge in [-0.25, -0.2) is 17.6 Å². The zero-order chi connectivity index (χ0) is 18.1. The number of aryl methyl sites for hydroxylation is 2. The van der Waals surface area contributed by atoms with Crippen LogP contribution in [0.3, 0.4) is 0 Å². The Morgan fingerprint density at radius 2 is 1.88 bits per heavy atom. The van der Waals surface area contributed by atoms with Gasteiger partial charge in [-0.3, -0.25) is 4.72 Å². The number of nitriles is 1. The number of sulfonamides is 1. The maximum atomic E-state index is 13.3. The van der Waals surface area contributed by atoms with E-state index < -0.39 is 21.8 Å². The largest absolute Gasteiger partial charge is 0.478 e. The maximum Gasteiger partial charge on any atom is 0.335 e. The Labute approximate surface area is 138 Å². The van der Waals surface area contributed by atoms with Crippen LogP contribution in [0.2, 0.25) is 0 Å². The number of halogens is 1. The first-order chi connectivity index (χ1) is 11.2. The van der Waals surface area contributed by atoms with Crippen molar-refractivity contribution in [1.29, 1.82) is 5.26 Å². The molecule has 0 radical (unpaired) electrons. The fourth-order valence-corrected chi connectivity index (χ4v) is 3.54. The quantitative estimate of drug-likeness (QED) is 0.883. The van der Waals surface area contributed by atoms with E-state index in [-0.39, 0.29) is 21.7 Å². The minimum Gasteiger partial charge on any atom is -0.478 e. The molecular formula is C16H13FN2O4S. The van der Waals surface area contributed by atoms with E-state index >= 15 is 0 Å². The van der Waals surface area contributed by atoms with Crippen LogP contribution in [0, 0.1) is 31.0 Å². The van der Waals surface area contributed by atoms with Gasteiger partial charge in [-0.05, 0) is 49.2 Å². The minimum atomic E-state index is -4.10. The van der Waals surface area contributed by atoms with E-state index in [9.17, 15) is 17.6 Å². The molecular weight excluding hydrogens is 335 g/mol. The Bertz CT molecular complexity index is 978. The van der Waals surface area contributed by atoms with E-state index in [1.807, 2.05) is 0 Å². The number of carboxylic acids is 1. The van der Waals surface area contributed by atoms with E-state index in [4.69, 9.17) is 10.4 Å². The van der Waals surface area contributed by atoms with Gasteiger partial charge in [0.15, 0.2) is 0 Å². The summed E-state index contributed by atoms with van der Waals surface area (Å²) in [7, 11) is -4.10. The molecule has 2 aromatic rings. The number of anilines is 1. The first-order valence-electron chi connectivity index (χ1n) is 6.72. The van der Waals surface area contributed by atoms with Crippen LogP contribution in [0.5, 0.6) is 0 Å². The Morgan fingerprint density at radius 1 is 1.21 bits per heavy atom. The molecule has 0 heterocycles. The standard InChI is InChI=1S/C16H13FN2O4S/c1-9-5-10(2)15(7-13(9)16(20)21)24(22,23)19-12-3-4-14(17)11(6-12)8-18/h3-7,19H,1-2H3,(H,20,21). The number of rotatable bonds is 4. The highest BCUT2D eigenvalue weighted by molar-refractivity contribution is 7.92. The first-order valence-corrected chi connectivity index (χ1v) is 8.21. The molecule has 124 valence electrons. The van der Waals surface area contributed by atoms with Gasteiger partial charge in [0.1, 0.15) is 11.9 Å². The molecule has 0 unspecified atom stereocenters. The van der Waals surface area contributed by atoms with Crippen LogP contribution in [-0.4, -0.2) is 19.5 Å². The van der Waals surface area contributed by atoms with Gasteiger partial charge >= 0.3 is 5.97 Å². The van der Waals surface area contributed by atoms with E-state index in [0.717, 1.165) is 18.2 Å². The van der Waals surface area contributed by atoms with E-state index in [1.165, 1.54) is 12.1 Å². The monoisotopic (exact) mass is 348 g/mol. The highest BCUT2D eigenvalue weighted by Gasteiger charge is 2.21. The molecule has 8 heteroatoms. The Hall–Kier alpha value is -2.92. The second kappa shape index (κ2) is 6.29. The smallest absolute Gasteiger partial charge is 0.335 e. The molecule has 0 aliphatic rings. The number of hydrogen-bond donors (Lipinski definition) is 2. The van der Waals surface area contributed by atoms with Gasteiger partial charge in [0.05, 0.1) is 21.7 Å². The van der Waals surface area contributed by atoms with Gasteiger partial charge in [0, 0.05) is 0 Å². The number of benzene rings is 2. The highest BCUT2D eigenvalue weighted by atomic mass is 32.2. The number of nitrogens with one attached hydrogen (secondary N) is 1. The zero-order valence-electron chi connectivity index (χ0n) is 12.8. The summed E-state index contributed by atoms with van der Waals surface area (Å²) < 4.78 is 40.6. The molecule has 0 saturated carbocycles. The second-order valence-corrected chi connectivity index (χ2v) is 6.80. The number of carbonyl (C=O) groups is 1. The third-order valence-corrected chi connectivity index (χ3v) is 4.90. The molecule has 0 amide bonds. The lowest BCUT2D eigenvalue weighted by atomic mass is 10.1. The predicted octanol–water partition coefficient (Wildman–Crippen LogP) is 2.81. The van der Waals surface area contributed by atoms with E-state index in [2.05, 4.69) is 4.72 Å². The fourth-order valence-electron chi connectivity index (χ4n) is 2.24. The summed E-state index contributed by atoms with van der Waals surface area (Å²) in [6.07, 6.45) is 0. The van der Waals surface area contributed by atoms with Crippen LogP contribution < -0.4 is 4.72 Å². The molecule has 0 aromatic heterocycles. The van der Waals surface area contributed by atoms with Crippen LogP contribution in [0.25, 0.3) is 0 Å². The van der Waals surface area contributed by atoms with Crippen molar-refractivity contribution in [1.82, 2.24) is 0 Å². The van der Waals surface area contributed by atoms with Gasteiger partial charge in [-0.15, -0.1) is 0 Å². The Morgan fingerprint density at radius 3 is 2.46 bits per heavy atom. The molecule has 0 aliphatic carbocycles. The normalized spacial score (nSPS) is 10.9. The van der Waals surface area contributed by atoms with Crippen molar-refractivity contribution < 1.29 is 22.7 Å². The summed E-state index contributed by atoms with van der Waals surface area (Å²) in [5.74, 6) is -2.00. The number of nitrogens with zero attached hydrogens (tertiary/aromatic N) is 1. The molecule has 0 spiro atoms. The van der Waals surface area contributed by atoms with Gasteiger partial charge in [-0.1, -0.05) is 6.07 Å².